The largest absolute Gasteiger partial charge is 0.496 e. The molecule has 0 radical (unpaired) electrons. The second-order valence-corrected chi connectivity index (χ2v) is 6.14. The van der Waals surface area contributed by atoms with Crippen LogP contribution in [0.5, 0.6) is 5.75 Å². The van der Waals surface area contributed by atoms with E-state index in [9.17, 15) is 0 Å². The second-order valence-electron chi connectivity index (χ2n) is 6.14. The average Bonchev–Trinajstić information content (AvgIpc) is 3.02. The van der Waals surface area contributed by atoms with Crippen molar-refractivity contribution >= 4 is 22.4 Å². The van der Waals surface area contributed by atoms with E-state index in [-0.39, 0.29) is 6.04 Å². The van der Waals surface area contributed by atoms with Crippen LogP contribution < -0.4 is 10.1 Å². The summed E-state index contributed by atoms with van der Waals surface area (Å²) in [6.45, 7) is 4.09. The van der Waals surface area contributed by atoms with Gasteiger partial charge in [-0.2, -0.15) is 5.10 Å². The number of nitrogens with one attached hydrogen (secondary N) is 1. The summed E-state index contributed by atoms with van der Waals surface area (Å²) in [6, 6.07) is 18.3. The molecule has 5 heteroatoms. The Morgan fingerprint density at radius 1 is 1.08 bits per heavy atom. The molecule has 0 saturated heterocycles. The molecule has 1 atom stereocenters. The lowest BCUT2D eigenvalue weighted by molar-refractivity contribution is 0.408. The Kier molecular flexibility index (Phi) is 3.76. The van der Waals surface area contributed by atoms with E-state index in [1.807, 2.05) is 47.8 Å². The van der Waals surface area contributed by atoms with Crippen molar-refractivity contribution in [3.05, 3.63) is 65.9 Å². The van der Waals surface area contributed by atoms with Gasteiger partial charge in [-0.1, -0.05) is 30.3 Å². The molecule has 0 bridgehead atoms. The zero-order valence-corrected chi connectivity index (χ0v) is 14.5. The molecule has 4 rings (SSSR count). The molecule has 0 unspecified atom stereocenters. The van der Waals surface area contributed by atoms with E-state index >= 15 is 0 Å². The fraction of sp³-hybridized carbons (Fsp3) is 0.200. The monoisotopic (exact) mass is 332 g/mol. The molecule has 0 spiro atoms. The molecule has 2 heterocycles. The van der Waals surface area contributed by atoms with Crippen LogP contribution in [0.2, 0.25) is 0 Å². The molecule has 0 fully saturated rings. The minimum Gasteiger partial charge on any atom is -0.496 e. The number of aryl methyl sites for hydroxylation is 1. The Morgan fingerprint density at radius 2 is 1.84 bits per heavy atom. The fourth-order valence-corrected chi connectivity index (χ4v) is 3.19. The number of para-hydroxylation sites is 2. The van der Waals surface area contributed by atoms with E-state index in [1.54, 1.807) is 7.11 Å². The molecular formula is C20H20N4O. The highest BCUT2D eigenvalue weighted by Gasteiger charge is 2.15. The number of ether oxygens (including phenoxy) is 1. The van der Waals surface area contributed by atoms with Crippen molar-refractivity contribution in [1.82, 2.24) is 14.6 Å². The van der Waals surface area contributed by atoms with E-state index in [1.165, 1.54) is 0 Å². The first-order valence-corrected chi connectivity index (χ1v) is 8.32. The van der Waals surface area contributed by atoms with Crippen LogP contribution in [-0.4, -0.2) is 21.7 Å². The molecule has 0 amide bonds. The molecule has 5 nitrogen and oxygen atoms in total. The van der Waals surface area contributed by atoms with Gasteiger partial charge in [-0.3, -0.25) is 0 Å². The van der Waals surface area contributed by atoms with Crippen LogP contribution >= 0.6 is 0 Å². The average molecular weight is 332 g/mol. The standard InChI is InChI=1S/C20H20N4O/c1-13-12-19-22-20(16-9-4-6-10-17(16)24(19)23-13)21-14(2)15-8-5-7-11-18(15)25-3/h4-12,14H,1-3H3,(H,21,22)/t14-/m0/s1. The Labute approximate surface area is 146 Å². The van der Waals surface area contributed by atoms with Crippen LogP contribution in [0, 0.1) is 6.92 Å². The number of fused-ring (bicyclic) bond motifs is 3. The predicted molar refractivity (Wildman–Crippen MR) is 100 cm³/mol. The summed E-state index contributed by atoms with van der Waals surface area (Å²) < 4.78 is 7.38. The van der Waals surface area contributed by atoms with Gasteiger partial charge in [0.05, 0.1) is 24.4 Å². The summed E-state index contributed by atoms with van der Waals surface area (Å²) in [6.07, 6.45) is 0. The highest BCUT2D eigenvalue weighted by atomic mass is 16.5. The minimum atomic E-state index is 0.0542. The number of methoxy groups -OCH3 is 1. The summed E-state index contributed by atoms with van der Waals surface area (Å²) in [5.74, 6) is 1.72. The predicted octanol–water partition coefficient (Wildman–Crippen LogP) is 4.37. The third-order valence-corrected chi connectivity index (χ3v) is 4.39. The summed E-state index contributed by atoms with van der Waals surface area (Å²) in [5.41, 5.74) is 3.93. The van der Waals surface area contributed by atoms with Crippen molar-refractivity contribution in [1.29, 1.82) is 0 Å². The van der Waals surface area contributed by atoms with Gasteiger partial charge in [0.2, 0.25) is 0 Å². The second kappa shape index (κ2) is 6.09. The molecular weight excluding hydrogens is 312 g/mol. The SMILES string of the molecule is COc1ccccc1[C@H](C)Nc1nc2cc(C)nn2c2ccccc12. The van der Waals surface area contributed by atoms with Crippen molar-refractivity contribution in [2.75, 3.05) is 12.4 Å². The number of benzene rings is 2. The van der Waals surface area contributed by atoms with Gasteiger partial charge in [0.1, 0.15) is 11.6 Å². The van der Waals surface area contributed by atoms with Crippen LogP contribution in [0.25, 0.3) is 16.6 Å². The first kappa shape index (κ1) is 15.4. The summed E-state index contributed by atoms with van der Waals surface area (Å²) in [7, 11) is 1.69. The number of rotatable bonds is 4. The van der Waals surface area contributed by atoms with Crippen LogP contribution in [-0.2, 0) is 0 Å². The molecule has 2 aromatic heterocycles. The Morgan fingerprint density at radius 3 is 2.68 bits per heavy atom. The van der Waals surface area contributed by atoms with Crippen molar-refractivity contribution in [3.63, 3.8) is 0 Å². The molecule has 126 valence electrons. The summed E-state index contributed by atoms with van der Waals surface area (Å²) in [5, 5.41) is 9.14. The minimum absolute atomic E-state index is 0.0542. The number of hydrogen-bond acceptors (Lipinski definition) is 4. The van der Waals surface area contributed by atoms with Crippen LogP contribution in [0.3, 0.4) is 0 Å². The van der Waals surface area contributed by atoms with E-state index < -0.39 is 0 Å². The van der Waals surface area contributed by atoms with Gasteiger partial charge in [-0.15, -0.1) is 0 Å². The summed E-state index contributed by atoms with van der Waals surface area (Å²) >= 11 is 0. The van der Waals surface area contributed by atoms with Gasteiger partial charge < -0.3 is 10.1 Å². The first-order chi connectivity index (χ1) is 12.2. The van der Waals surface area contributed by atoms with Gasteiger partial charge in [0, 0.05) is 17.0 Å². The van der Waals surface area contributed by atoms with Crippen LogP contribution in [0.1, 0.15) is 24.2 Å². The Bertz CT molecular complexity index is 1050. The molecule has 0 aliphatic heterocycles. The molecule has 0 aliphatic carbocycles. The molecule has 2 aromatic carbocycles. The van der Waals surface area contributed by atoms with E-state index in [0.717, 1.165) is 39.4 Å². The van der Waals surface area contributed by atoms with E-state index in [2.05, 4.69) is 35.5 Å². The van der Waals surface area contributed by atoms with Gasteiger partial charge in [0.15, 0.2) is 5.65 Å². The highest BCUT2D eigenvalue weighted by molar-refractivity contribution is 5.91. The lowest BCUT2D eigenvalue weighted by Gasteiger charge is -2.19. The lowest BCUT2D eigenvalue weighted by atomic mass is 10.1. The van der Waals surface area contributed by atoms with Crippen molar-refractivity contribution in [2.45, 2.75) is 19.9 Å². The maximum absolute atomic E-state index is 5.49. The molecule has 4 aromatic rings. The maximum Gasteiger partial charge on any atom is 0.158 e. The Balaban J connectivity index is 1.82. The van der Waals surface area contributed by atoms with Crippen molar-refractivity contribution in [3.8, 4) is 5.75 Å². The lowest BCUT2D eigenvalue weighted by Crippen LogP contribution is -2.10. The number of aromatic nitrogens is 3. The van der Waals surface area contributed by atoms with Gasteiger partial charge in [-0.05, 0) is 32.0 Å². The topological polar surface area (TPSA) is 51.5 Å². The number of nitrogens with zero attached hydrogens (tertiary/aromatic N) is 3. The third-order valence-electron chi connectivity index (χ3n) is 4.39. The first-order valence-electron chi connectivity index (χ1n) is 8.32. The molecule has 1 N–H and O–H groups in total. The number of anilines is 1. The summed E-state index contributed by atoms with van der Waals surface area (Å²) in [4.78, 5) is 4.79. The quantitative estimate of drug-likeness (QED) is 0.603. The molecule has 0 aliphatic rings. The zero-order chi connectivity index (χ0) is 17.4. The molecule has 0 saturated carbocycles. The van der Waals surface area contributed by atoms with Crippen molar-refractivity contribution < 1.29 is 4.74 Å². The van der Waals surface area contributed by atoms with E-state index in [0.29, 0.717) is 0 Å². The van der Waals surface area contributed by atoms with E-state index in [4.69, 9.17) is 9.72 Å². The maximum atomic E-state index is 5.49. The third kappa shape index (κ3) is 2.67. The van der Waals surface area contributed by atoms with Crippen LogP contribution in [0.15, 0.2) is 54.6 Å². The Hall–Kier alpha value is -3.08. The number of hydrogen-bond donors (Lipinski definition) is 1. The van der Waals surface area contributed by atoms with Gasteiger partial charge in [-0.25, -0.2) is 9.50 Å². The van der Waals surface area contributed by atoms with Gasteiger partial charge in [0.25, 0.3) is 0 Å². The molecule has 25 heavy (non-hydrogen) atoms. The zero-order valence-electron chi connectivity index (χ0n) is 14.5. The highest BCUT2D eigenvalue weighted by Crippen LogP contribution is 2.30. The van der Waals surface area contributed by atoms with Crippen LogP contribution in [0.4, 0.5) is 5.82 Å². The van der Waals surface area contributed by atoms with Crippen molar-refractivity contribution in [2.24, 2.45) is 0 Å². The normalized spacial score (nSPS) is 12.4. The smallest absolute Gasteiger partial charge is 0.158 e. The fourth-order valence-electron chi connectivity index (χ4n) is 3.19. The van der Waals surface area contributed by atoms with Gasteiger partial charge >= 0.3 is 0 Å².